The first-order valence-electron chi connectivity index (χ1n) is 5.95. The third kappa shape index (κ3) is 2.81. The van der Waals surface area contributed by atoms with Crippen molar-refractivity contribution >= 4 is 5.71 Å². The zero-order valence-electron chi connectivity index (χ0n) is 9.77. The third-order valence-electron chi connectivity index (χ3n) is 3.42. The van der Waals surface area contributed by atoms with Crippen molar-refractivity contribution in [3.05, 3.63) is 0 Å². The predicted octanol–water partition coefficient (Wildman–Crippen LogP) is 2.69. The number of nitrogens with one attached hydrogen (secondary N) is 2. The molecule has 2 nitrogen and oxygen atoms in total. The quantitative estimate of drug-likeness (QED) is 0.666. The van der Waals surface area contributed by atoms with Crippen LogP contribution >= 0.6 is 0 Å². The minimum absolute atomic E-state index is 0.512. The zero-order valence-corrected chi connectivity index (χ0v) is 9.77. The van der Waals surface area contributed by atoms with E-state index in [0.717, 1.165) is 25.2 Å². The molecule has 14 heavy (non-hydrogen) atoms. The van der Waals surface area contributed by atoms with E-state index < -0.39 is 0 Å². The second kappa shape index (κ2) is 5.50. The van der Waals surface area contributed by atoms with Gasteiger partial charge in [0.25, 0.3) is 0 Å². The van der Waals surface area contributed by atoms with Crippen LogP contribution in [-0.2, 0) is 0 Å². The molecule has 2 N–H and O–H groups in total. The van der Waals surface area contributed by atoms with Crippen molar-refractivity contribution in [3.8, 4) is 0 Å². The molecule has 1 heterocycles. The van der Waals surface area contributed by atoms with E-state index in [0.29, 0.717) is 17.8 Å². The standard InChI is InChI=1S/C12H24N2/c1-4-11(9(2)3)12(13)10-5-7-14-8-6-10/h9-11,13-14H,4-8H2,1-3H3. The van der Waals surface area contributed by atoms with E-state index in [1.54, 1.807) is 0 Å². The first kappa shape index (κ1) is 11.7. The Balaban J connectivity index is 2.52. The predicted molar refractivity (Wildman–Crippen MR) is 61.9 cm³/mol. The molecule has 0 radical (unpaired) electrons. The van der Waals surface area contributed by atoms with Crippen molar-refractivity contribution in [2.45, 2.75) is 40.0 Å². The summed E-state index contributed by atoms with van der Waals surface area (Å²) in [5, 5.41) is 11.6. The van der Waals surface area contributed by atoms with Crippen LogP contribution in [0.4, 0.5) is 0 Å². The Labute approximate surface area is 88.0 Å². The van der Waals surface area contributed by atoms with E-state index in [1.165, 1.54) is 12.8 Å². The molecule has 0 amide bonds. The highest BCUT2D eigenvalue weighted by molar-refractivity contribution is 5.86. The number of piperidine rings is 1. The smallest absolute Gasteiger partial charge is 0.0154 e. The van der Waals surface area contributed by atoms with Gasteiger partial charge in [0.05, 0.1) is 0 Å². The van der Waals surface area contributed by atoms with E-state index in [9.17, 15) is 0 Å². The normalized spacial score (nSPS) is 21.1. The van der Waals surface area contributed by atoms with Gasteiger partial charge in [0.1, 0.15) is 0 Å². The van der Waals surface area contributed by atoms with E-state index in [-0.39, 0.29) is 0 Å². The van der Waals surface area contributed by atoms with Gasteiger partial charge in [0, 0.05) is 5.71 Å². The topological polar surface area (TPSA) is 35.9 Å². The third-order valence-corrected chi connectivity index (χ3v) is 3.42. The minimum Gasteiger partial charge on any atom is -0.317 e. The summed E-state index contributed by atoms with van der Waals surface area (Å²) >= 11 is 0. The van der Waals surface area contributed by atoms with Gasteiger partial charge >= 0.3 is 0 Å². The van der Waals surface area contributed by atoms with Gasteiger partial charge in [-0.3, -0.25) is 0 Å². The summed E-state index contributed by atoms with van der Waals surface area (Å²) < 4.78 is 0. The van der Waals surface area contributed by atoms with Gasteiger partial charge in [-0.15, -0.1) is 0 Å². The summed E-state index contributed by atoms with van der Waals surface area (Å²) in [5.74, 6) is 1.70. The molecule has 1 rings (SSSR count). The van der Waals surface area contributed by atoms with Crippen LogP contribution in [0.5, 0.6) is 0 Å². The van der Waals surface area contributed by atoms with Crippen molar-refractivity contribution < 1.29 is 0 Å². The Bertz CT molecular complexity index is 181. The molecule has 0 aromatic carbocycles. The van der Waals surface area contributed by atoms with Crippen molar-refractivity contribution in [1.82, 2.24) is 5.32 Å². The number of rotatable bonds is 4. The van der Waals surface area contributed by atoms with Crippen molar-refractivity contribution in [3.63, 3.8) is 0 Å². The van der Waals surface area contributed by atoms with Gasteiger partial charge in [0.2, 0.25) is 0 Å². The average molecular weight is 196 g/mol. The molecular formula is C12H24N2. The van der Waals surface area contributed by atoms with Crippen LogP contribution in [0.1, 0.15) is 40.0 Å². The molecule has 1 atom stereocenters. The summed E-state index contributed by atoms with van der Waals surface area (Å²) in [6, 6.07) is 0. The molecule has 2 heteroatoms. The highest BCUT2D eigenvalue weighted by atomic mass is 14.9. The van der Waals surface area contributed by atoms with Gasteiger partial charge < -0.3 is 10.7 Å². The number of hydrogen-bond acceptors (Lipinski definition) is 2. The molecule has 0 saturated carbocycles. The maximum Gasteiger partial charge on any atom is 0.0154 e. The molecule has 0 bridgehead atoms. The van der Waals surface area contributed by atoms with Crippen molar-refractivity contribution in [2.75, 3.05) is 13.1 Å². The van der Waals surface area contributed by atoms with Crippen LogP contribution in [0.25, 0.3) is 0 Å². The Kier molecular flexibility index (Phi) is 4.59. The summed E-state index contributed by atoms with van der Waals surface area (Å²) in [5.41, 5.74) is 1.02. The van der Waals surface area contributed by atoms with Gasteiger partial charge in [0.15, 0.2) is 0 Å². The maximum atomic E-state index is 8.24. The van der Waals surface area contributed by atoms with E-state index >= 15 is 0 Å². The lowest BCUT2D eigenvalue weighted by Crippen LogP contribution is -2.35. The Morgan fingerprint density at radius 1 is 1.36 bits per heavy atom. The van der Waals surface area contributed by atoms with E-state index in [4.69, 9.17) is 5.41 Å². The Hall–Kier alpha value is -0.370. The highest BCUT2D eigenvalue weighted by Crippen LogP contribution is 2.24. The number of hydrogen-bond donors (Lipinski definition) is 2. The Morgan fingerprint density at radius 2 is 1.93 bits per heavy atom. The van der Waals surface area contributed by atoms with Crippen LogP contribution in [0.3, 0.4) is 0 Å². The van der Waals surface area contributed by atoms with Gasteiger partial charge in [-0.25, -0.2) is 0 Å². The van der Waals surface area contributed by atoms with Crippen LogP contribution < -0.4 is 5.32 Å². The summed E-state index contributed by atoms with van der Waals surface area (Å²) in [7, 11) is 0. The molecule has 1 aliphatic heterocycles. The van der Waals surface area contributed by atoms with Gasteiger partial charge in [-0.1, -0.05) is 20.8 Å². The molecule has 0 spiro atoms. The molecule has 82 valence electrons. The first-order chi connectivity index (χ1) is 6.66. The fourth-order valence-corrected chi connectivity index (χ4v) is 2.49. The minimum atomic E-state index is 0.512. The molecule has 1 saturated heterocycles. The molecule has 0 aliphatic carbocycles. The average Bonchev–Trinajstić information content (AvgIpc) is 2.19. The molecule has 0 aromatic heterocycles. The van der Waals surface area contributed by atoms with Crippen molar-refractivity contribution in [2.24, 2.45) is 17.8 Å². The van der Waals surface area contributed by atoms with Crippen LogP contribution in [0, 0.1) is 23.2 Å². The summed E-state index contributed by atoms with van der Waals surface area (Å²) in [4.78, 5) is 0. The lowest BCUT2D eigenvalue weighted by atomic mass is 9.79. The summed E-state index contributed by atoms with van der Waals surface area (Å²) in [6.07, 6.45) is 3.46. The molecule has 0 aromatic rings. The SMILES string of the molecule is CCC(C(=N)C1CCNCC1)C(C)C. The van der Waals surface area contributed by atoms with Gasteiger partial charge in [-0.05, 0) is 50.1 Å². The second-order valence-electron chi connectivity index (χ2n) is 4.74. The van der Waals surface area contributed by atoms with Crippen molar-refractivity contribution in [1.29, 1.82) is 5.41 Å². The lowest BCUT2D eigenvalue weighted by molar-refractivity contribution is 0.406. The van der Waals surface area contributed by atoms with Crippen LogP contribution in [0.2, 0.25) is 0 Å². The fourth-order valence-electron chi connectivity index (χ4n) is 2.49. The van der Waals surface area contributed by atoms with Crippen LogP contribution in [0.15, 0.2) is 0 Å². The first-order valence-corrected chi connectivity index (χ1v) is 5.95. The molecular weight excluding hydrogens is 172 g/mol. The monoisotopic (exact) mass is 196 g/mol. The second-order valence-corrected chi connectivity index (χ2v) is 4.74. The molecule has 1 unspecified atom stereocenters. The van der Waals surface area contributed by atoms with Crippen LogP contribution in [-0.4, -0.2) is 18.8 Å². The van der Waals surface area contributed by atoms with E-state index in [1.807, 2.05) is 0 Å². The maximum absolute atomic E-state index is 8.24. The lowest BCUT2D eigenvalue weighted by Gasteiger charge is -2.29. The fraction of sp³-hybridized carbons (Fsp3) is 0.917. The largest absolute Gasteiger partial charge is 0.317 e. The molecule has 1 aliphatic rings. The summed E-state index contributed by atoms with van der Waals surface area (Å²) in [6.45, 7) is 8.89. The van der Waals surface area contributed by atoms with Gasteiger partial charge in [-0.2, -0.15) is 0 Å². The molecule has 1 fully saturated rings. The van der Waals surface area contributed by atoms with E-state index in [2.05, 4.69) is 26.1 Å². The Morgan fingerprint density at radius 3 is 2.36 bits per heavy atom. The zero-order chi connectivity index (χ0) is 10.6. The highest BCUT2D eigenvalue weighted by Gasteiger charge is 2.25.